The molecule has 0 spiro atoms. The number of ether oxygens (including phenoxy) is 3. The Labute approximate surface area is 245 Å². The van der Waals surface area contributed by atoms with Crippen molar-refractivity contribution in [2.75, 3.05) is 45.3 Å². The van der Waals surface area contributed by atoms with E-state index in [0.717, 1.165) is 5.56 Å². The minimum absolute atomic E-state index is 0.0723. The Hall–Kier alpha value is -4.62. The van der Waals surface area contributed by atoms with Crippen molar-refractivity contribution in [3.63, 3.8) is 0 Å². The van der Waals surface area contributed by atoms with E-state index < -0.39 is 30.1 Å². The second-order valence-electron chi connectivity index (χ2n) is 10.7. The Morgan fingerprint density at radius 2 is 1.74 bits per heavy atom. The van der Waals surface area contributed by atoms with Gasteiger partial charge in [-0.3, -0.25) is 15.0 Å². The first-order chi connectivity index (χ1) is 20.1. The predicted octanol–water partition coefficient (Wildman–Crippen LogP) is 3.21. The van der Waals surface area contributed by atoms with Gasteiger partial charge in [0.05, 0.1) is 31.5 Å². The molecule has 43 heavy (non-hydrogen) atoms. The van der Waals surface area contributed by atoms with Crippen molar-refractivity contribution in [3.05, 3.63) is 52.1 Å². The Bertz CT molecular complexity index is 1520. The number of rotatable bonds is 9. The highest BCUT2D eigenvalue weighted by Crippen LogP contribution is 2.46. The second-order valence-corrected chi connectivity index (χ2v) is 10.7. The van der Waals surface area contributed by atoms with Crippen molar-refractivity contribution in [3.8, 4) is 11.5 Å². The maximum Gasteiger partial charge on any atom is 0.491 e. The van der Waals surface area contributed by atoms with Gasteiger partial charge in [-0.15, -0.1) is 0 Å². The van der Waals surface area contributed by atoms with E-state index in [0.29, 0.717) is 29.2 Å². The lowest BCUT2D eigenvalue weighted by atomic mass is 9.85. The number of amides is 1. The summed E-state index contributed by atoms with van der Waals surface area (Å²) in [6.45, 7) is 5.40. The molecule has 0 bridgehead atoms. The number of fused-ring (bicyclic) bond motifs is 2. The number of esters is 2. The fourth-order valence-electron chi connectivity index (χ4n) is 5.31. The van der Waals surface area contributed by atoms with Gasteiger partial charge in [-0.2, -0.15) is 13.2 Å². The summed E-state index contributed by atoms with van der Waals surface area (Å²) in [7, 11) is 2.85. The second kappa shape index (κ2) is 11.6. The normalized spacial score (nSPS) is 15.1. The molecule has 2 aromatic rings. The van der Waals surface area contributed by atoms with Crippen LogP contribution < -0.4 is 19.7 Å². The monoisotopic (exact) mass is 604 g/mol. The largest absolute Gasteiger partial charge is 0.495 e. The molecule has 0 atom stereocenters. The summed E-state index contributed by atoms with van der Waals surface area (Å²) in [6.07, 6.45) is -5.31. The van der Waals surface area contributed by atoms with E-state index in [1.165, 1.54) is 25.1 Å². The van der Waals surface area contributed by atoms with Crippen LogP contribution in [0.15, 0.2) is 24.3 Å². The smallest absolute Gasteiger partial charge is 0.491 e. The number of carbonyl (C=O) groups is 4. The van der Waals surface area contributed by atoms with E-state index in [1.54, 1.807) is 30.0 Å². The van der Waals surface area contributed by atoms with Crippen LogP contribution in [-0.2, 0) is 26.3 Å². The molecule has 2 aliphatic heterocycles. The Morgan fingerprint density at radius 1 is 1.05 bits per heavy atom. The SMILES string of the molecule is CCOc1cc2c(cc1C(=O)NC)C(=N)N(CC(=O)c1cc(OC)c3c(c1)C(C)(C)CN3CC(=O)OC(=O)C(F)(F)F)C2. The van der Waals surface area contributed by atoms with Crippen LogP contribution in [0.25, 0.3) is 0 Å². The molecular formula is C29H31F3N4O7. The number of hydrogen-bond donors (Lipinski definition) is 2. The number of halogens is 3. The fraction of sp³-hybridized carbons (Fsp3) is 0.414. The number of nitrogens with one attached hydrogen (secondary N) is 2. The summed E-state index contributed by atoms with van der Waals surface area (Å²) in [4.78, 5) is 52.2. The molecule has 2 aliphatic rings. The molecule has 0 saturated heterocycles. The third-order valence-corrected chi connectivity index (χ3v) is 7.25. The summed E-state index contributed by atoms with van der Waals surface area (Å²) in [5.41, 5.74) is 2.14. The molecule has 14 heteroatoms. The average molecular weight is 605 g/mol. The molecule has 0 saturated carbocycles. The first-order valence-corrected chi connectivity index (χ1v) is 13.3. The molecule has 230 valence electrons. The number of methoxy groups -OCH3 is 1. The summed E-state index contributed by atoms with van der Waals surface area (Å²) in [6, 6.07) is 6.38. The fourth-order valence-corrected chi connectivity index (χ4v) is 5.31. The van der Waals surface area contributed by atoms with Gasteiger partial charge in [-0.1, -0.05) is 13.8 Å². The quantitative estimate of drug-likeness (QED) is 0.251. The lowest BCUT2D eigenvalue weighted by Gasteiger charge is -2.22. The standard InChI is InChI=1S/C29H31F3N4O7/c1-6-42-21-9-16-11-35(25(33)17(16)10-18(21)26(39)34-4)12-20(37)15-7-19-24(22(8-15)41-5)36(14-28(19,2)3)13-23(38)43-27(40)29(30,31)32/h7-10,33H,6,11-14H2,1-5H3,(H,34,39). The zero-order valence-corrected chi connectivity index (χ0v) is 24.2. The average Bonchev–Trinajstić information content (AvgIpc) is 3.37. The number of amidine groups is 1. The van der Waals surface area contributed by atoms with Crippen molar-refractivity contribution >= 4 is 35.2 Å². The van der Waals surface area contributed by atoms with Gasteiger partial charge in [0.15, 0.2) is 5.78 Å². The zero-order chi connectivity index (χ0) is 31.9. The van der Waals surface area contributed by atoms with Crippen LogP contribution in [0.4, 0.5) is 18.9 Å². The molecule has 0 fully saturated rings. The van der Waals surface area contributed by atoms with Crippen molar-refractivity contribution < 1.29 is 46.6 Å². The minimum Gasteiger partial charge on any atom is -0.495 e. The van der Waals surface area contributed by atoms with Crippen LogP contribution >= 0.6 is 0 Å². The molecule has 11 nitrogen and oxygen atoms in total. The lowest BCUT2D eigenvalue weighted by Crippen LogP contribution is -2.36. The first kappa shape index (κ1) is 31.3. The van der Waals surface area contributed by atoms with Crippen LogP contribution in [0.1, 0.15) is 58.2 Å². The Balaban J connectivity index is 1.57. The van der Waals surface area contributed by atoms with Gasteiger partial charge in [0.1, 0.15) is 23.9 Å². The molecule has 2 N–H and O–H groups in total. The van der Waals surface area contributed by atoms with Crippen molar-refractivity contribution in [1.29, 1.82) is 5.41 Å². The molecule has 0 aromatic heterocycles. The van der Waals surface area contributed by atoms with Crippen LogP contribution in [0.2, 0.25) is 0 Å². The number of hydrogen-bond acceptors (Lipinski definition) is 9. The number of benzene rings is 2. The molecule has 0 aliphatic carbocycles. The number of ketones is 1. The van der Waals surface area contributed by atoms with Crippen molar-refractivity contribution in [2.24, 2.45) is 0 Å². The number of Topliss-reactive ketones (excluding diaryl/α,β-unsaturated/α-hetero) is 1. The molecule has 0 radical (unpaired) electrons. The van der Waals surface area contributed by atoms with E-state index in [1.807, 2.05) is 13.8 Å². The first-order valence-electron chi connectivity index (χ1n) is 13.3. The van der Waals surface area contributed by atoms with Crippen LogP contribution in [0.3, 0.4) is 0 Å². The van der Waals surface area contributed by atoms with Gasteiger partial charge in [0.2, 0.25) is 0 Å². The topological polar surface area (TPSA) is 138 Å². The Kier molecular flexibility index (Phi) is 8.43. The van der Waals surface area contributed by atoms with Gasteiger partial charge in [0.25, 0.3) is 5.91 Å². The van der Waals surface area contributed by atoms with E-state index in [2.05, 4.69) is 10.1 Å². The highest BCUT2D eigenvalue weighted by molar-refractivity contribution is 6.08. The van der Waals surface area contributed by atoms with Gasteiger partial charge in [-0.25, -0.2) is 9.59 Å². The molecule has 1 amide bonds. The van der Waals surface area contributed by atoms with Crippen molar-refractivity contribution in [2.45, 2.75) is 38.9 Å². The molecule has 2 aromatic carbocycles. The minimum atomic E-state index is -5.31. The van der Waals surface area contributed by atoms with E-state index >= 15 is 0 Å². The van der Waals surface area contributed by atoms with Gasteiger partial charge in [-0.05, 0) is 42.3 Å². The summed E-state index contributed by atoms with van der Waals surface area (Å²) in [5.74, 6) is -4.02. The van der Waals surface area contributed by atoms with Crippen LogP contribution in [0, 0.1) is 5.41 Å². The van der Waals surface area contributed by atoms with Crippen LogP contribution in [0.5, 0.6) is 11.5 Å². The molecule has 2 heterocycles. The molecule has 4 rings (SSSR count). The number of alkyl halides is 3. The number of nitrogens with zero attached hydrogens (tertiary/aromatic N) is 2. The zero-order valence-electron chi connectivity index (χ0n) is 24.2. The van der Waals surface area contributed by atoms with E-state index in [4.69, 9.17) is 14.9 Å². The lowest BCUT2D eigenvalue weighted by molar-refractivity contribution is -0.201. The van der Waals surface area contributed by atoms with E-state index in [-0.39, 0.29) is 54.0 Å². The van der Waals surface area contributed by atoms with E-state index in [9.17, 15) is 32.3 Å². The van der Waals surface area contributed by atoms with Gasteiger partial charge >= 0.3 is 18.1 Å². The summed E-state index contributed by atoms with van der Waals surface area (Å²) < 4.78 is 52.8. The number of anilines is 1. The van der Waals surface area contributed by atoms with Crippen molar-refractivity contribution in [1.82, 2.24) is 10.2 Å². The van der Waals surface area contributed by atoms with Gasteiger partial charge < -0.3 is 29.3 Å². The molecule has 0 unspecified atom stereocenters. The summed E-state index contributed by atoms with van der Waals surface area (Å²) in [5, 5.41) is 11.2. The predicted molar refractivity (Wildman–Crippen MR) is 148 cm³/mol. The van der Waals surface area contributed by atoms with Crippen LogP contribution in [-0.4, -0.2) is 80.9 Å². The van der Waals surface area contributed by atoms with Gasteiger partial charge in [0, 0.05) is 36.7 Å². The third kappa shape index (κ3) is 6.13. The maximum atomic E-state index is 13.5. The Morgan fingerprint density at radius 3 is 2.35 bits per heavy atom. The number of carbonyl (C=O) groups excluding carboxylic acids is 4. The highest BCUT2D eigenvalue weighted by Gasteiger charge is 2.44. The maximum absolute atomic E-state index is 13.5. The third-order valence-electron chi connectivity index (χ3n) is 7.25. The highest BCUT2D eigenvalue weighted by atomic mass is 19.4. The molecular weight excluding hydrogens is 573 g/mol. The summed E-state index contributed by atoms with van der Waals surface area (Å²) >= 11 is 0.